The summed E-state index contributed by atoms with van der Waals surface area (Å²) in [6.45, 7) is 2.10. The molecule has 0 aliphatic carbocycles. The molecule has 106 valence electrons. The van der Waals surface area contributed by atoms with Crippen LogP contribution in [0.2, 0.25) is 0 Å². The maximum atomic E-state index is 3.67. The van der Waals surface area contributed by atoms with Crippen LogP contribution in [0.1, 0.15) is 11.1 Å². The summed E-state index contributed by atoms with van der Waals surface area (Å²) in [5, 5.41) is 0. The zero-order valence-electron chi connectivity index (χ0n) is 12.1. The lowest BCUT2D eigenvalue weighted by atomic mass is 10.1. The third-order valence-electron chi connectivity index (χ3n) is 5.08. The second-order valence-electron chi connectivity index (χ2n) is 6.23. The van der Waals surface area contributed by atoms with Crippen molar-refractivity contribution in [3.63, 3.8) is 0 Å². The van der Waals surface area contributed by atoms with Gasteiger partial charge in [-0.25, -0.2) is 0 Å². The van der Waals surface area contributed by atoms with Crippen molar-refractivity contribution in [3.05, 3.63) is 82.3 Å². The van der Waals surface area contributed by atoms with E-state index in [1.54, 1.807) is 0 Å². The van der Waals surface area contributed by atoms with Gasteiger partial charge in [-0.2, -0.15) is 0 Å². The molecule has 5 rings (SSSR count). The summed E-state index contributed by atoms with van der Waals surface area (Å²) in [6, 6.07) is 24.5. The number of hydrogen-bond acceptors (Lipinski definition) is 0. The molecule has 1 nitrogen and oxygen atoms in total. The van der Waals surface area contributed by atoms with Crippen LogP contribution in [0.15, 0.2) is 71.2 Å². The summed E-state index contributed by atoms with van der Waals surface area (Å²) in [5.74, 6) is 0. The predicted molar refractivity (Wildman–Crippen MR) is 94.9 cm³/mol. The molecule has 0 fully saturated rings. The van der Waals surface area contributed by atoms with Gasteiger partial charge < -0.3 is 0 Å². The summed E-state index contributed by atoms with van der Waals surface area (Å²) in [5.41, 5.74) is 8.58. The smallest absolute Gasteiger partial charge is 0.147 e. The van der Waals surface area contributed by atoms with E-state index in [0.29, 0.717) is 0 Å². The van der Waals surface area contributed by atoms with Gasteiger partial charge in [-0.05, 0) is 18.2 Å². The van der Waals surface area contributed by atoms with Crippen molar-refractivity contribution >= 4 is 27.3 Å². The van der Waals surface area contributed by atoms with Gasteiger partial charge in [0.05, 0.1) is 0 Å². The summed E-state index contributed by atoms with van der Waals surface area (Å²) in [6.07, 6.45) is 0. The second-order valence-corrected chi connectivity index (χ2v) is 7.15. The van der Waals surface area contributed by atoms with E-state index in [4.69, 9.17) is 0 Å². The lowest BCUT2D eigenvalue weighted by Gasteiger charge is -2.30. The Kier molecular flexibility index (Phi) is 2.47. The molecule has 22 heavy (non-hydrogen) atoms. The fraction of sp³-hybridized carbons (Fsp3) is 0.100. The minimum atomic E-state index is 0.935. The van der Waals surface area contributed by atoms with Gasteiger partial charge in [0.15, 0.2) is 0 Å². The highest BCUT2D eigenvalue weighted by molar-refractivity contribution is 9.10. The summed E-state index contributed by atoms with van der Waals surface area (Å²) in [4.78, 5) is 0. The molecule has 1 spiro atoms. The van der Waals surface area contributed by atoms with Gasteiger partial charge >= 0.3 is 0 Å². The fourth-order valence-electron chi connectivity index (χ4n) is 4.14. The van der Waals surface area contributed by atoms with Crippen molar-refractivity contribution in [1.82, 2.24) is 4.48 Å². The van der Waals surface area contributed by atoms with E-state index in [0.717, 1.165) is 22.0 Å². The maximum absolute atomic E-state index is 3.67. The average molecular weight is 349 g/mol. The first-order valence-corrected chi connectivity index (χ1v) is 8.41. The van der Waals surface area contributed by atoms with Crippen molar-refractivity contribution < 1.29 is 0 Å². The molecule has 0 unspecified atom stereocenters. The van der Waals surface area contributed by atoms with Gasteiger partial charge in [0.25, 0.3) is 0 Å². The van der Waals surface area contributed by atoms with Crippen molar-refractivity contribution in [2.45, 2.75) is 13.1 Å². The van der Waals surface area contributed by atoms with E-state index in [-0.39, 0.29) is 0 Å². The predicted octanol–water partition coefficient (Wildman–Crippen LogP) is 5.78. The zero-order chi connectivity index (χ0) is 14.7. The quantitative estimate of drug-likeness (QED) is 0.451. The summed E-state index contributed by atoms with van der Waals surface area (Å²) in [7, 11) is 0. The third kappa shape index (κ3) is 1.52. The van der Waals surface area contributed by atoms with E-state index in [1.807, 2.05) is 0 Å². The molecule has 0 amide bonds. The fourth-order valence-corrected chi connectivity index (χ4v) is 4.48. The van der Waals surface area contributed by atoms with Gasteiger partial charge in [-0.1, -0.05) is 52.3 Å². The monoisotopic (exact) mass is 348 g/mol. The molecule has 0 aromatic heterocycles. The SMILES string of the molecule is Brc1ccc2c(c1)[N+]1(Cc3ccccc3C1)c1ccccc1-2. The van der Waals surface area contributed by atoms with Gasteiger partial charge in [0.1, 0.15) is 24.5 Å². The van der Waals surface area contributed by atoms with E-state index >= 15 is 0 Å². The molecule has 2 heterocycles. The lowest BCUT2D eigenvalue weighted by Crippen LogP contribution is -2.36. The van der Waals surface area contributed by atoms with Crippen molar-refractivity contribution in [2.24, 2.45) is 0 Å². The van der Waals surface area contributed by atoms with Gasteiger partial charge in [-0.15, -0.1) is 0 Å². The molecule has 3 aromatic rings. The molecular formula is C20H15BrN+. The van der Waals surface area contributed by atoms with E-state index in [1.165, 1.54) is 33.6 Å². The Labute approximate surface area is 138 Å². The van der Waals surface area contributed by atoms with E-state index in [2.05, 4.69) is 82.7 Å². The second kappa shape index (κ2) is 4.31. The van der Waals surface area contributed by atoms with Crippen LogP contribution in [0.4, 0.5) is 11.4 Å². The Bertz CT molecular complexity index is 888. The van der Waals surface area contributed by atoms with Crippen LogP contribution in [-0.2, 0) is 13.1 Å². The minimum Gasteiger partial charge on any atom is -0.250 e. The third-order valence-corrected chi connectivity index (χ3v) is 5.57. The Morgan fingerprint density at radius 1 is 0.682 bits per heavy atom. The van der Waals surface area contributed by atoms with Gasteiger partial charge in [0, 0.05) is 38.9 Å². The molecule has 0 saturated heterocycles. The summed E-state index contributed by atoms with van der Waals surface area (Å²) >= 11 is 3.67. The molecule has 2 aliphatic rings. The van der Waals surface area contributed by atoms with Crippen LogP contribution >= 0.6 is 15.9 Å². The van der Waals surface area contributed by atoms with Crippen LogP contribution < -0.4 is 4.48 Å². The number of quaternary nitrogens is 1. The maximum Gasteiger partial charge on any atom is 0.147 e. The Balaban J connectivity index is 1.83. The first-order valence-electron chi connectivity index (χ1n) is 7.62. The van der Waals surface area contributed by atoms with Crippen LogP contribution in [-0.4, -0.2) is 0 Å². The highest BCUT2D eigenvalue weighted by Crippen LogP contribution is 2.57. The molecular weight excluding hydrogens is 334 g/mol. The number of fused-ring (bicyclic) bond motifs is 6. The minimum absolute atomic E-state index is 0.935. The molecule has 0 bridgehead atoms. The van der Waals surface area contributed by atoms with Crippen LogP contribution in [0.25, 0.3) is 11.1 Å². The molecule has 2 heteroatoms. The van der Waals surface area contributed by atoms with E-state index < -0.39 is 0 Å². The Morgan fingerprint density at radius 3 is 2.09 bits per heavy atom. The number of nitrogens with zero attached hydrogens (tertiary/aromatic N) is 1. The van der Waals surface area contributed by atoms with Crippen LogP contribution in [0.5, 0.6) is 0 Å². The number of halogens is 1. The Morgan fingerprint density at radius 2 is 1.32 bits per heavy atom. The molecule has 0 saturated carbocycles. The Hall–Kier alpha value is -1.90. The molecule has 3 aromatic carbocycles. The highest BCUT2D eigenvalue weighted by atomic mass is 79.9. The first kappa shape index (κ1) is 12.6. The highest BCUT2D eigenvalue weighted by Gasteiger charge is 2.47. The van der Waals surface area contributed by atoms with Crippen molar-refractivity contribution in [3.8, 4) is 11.1 Å². The van der Waals surface area contributed by atoms with Crippen LogP contribution in [0.3, 0.4) is 0 Å². The van der Waals surface area contributed by atoms with Crippen LogP contribution in [0, 0.1) is 0 Å². The number of rotatable bonds is 0. The summed E-state index contributed by atoms with van der Waals surface area (Å²) < 4.78 is 2.09. The average Bonchev–Trinajstić information content (AvgIpc) is 3.06. The van der Waals surface area contributed by atoms with E-state index in [9.17, 15) is 0 Å². The molecule has 0 N–H and O–H groups in total. The van der Waals surface area contributed by atoms with Crippen molar-refractivity contribution in [1.29, 1.82) is 0 Å². The molecule has 2 aliphatic heterocycles. The molecule has 0 radical (unpaired) electrons. The lowest BCUT2D eigenvalue weighted by molar-refractivity contribution is 0.412. The zero-order valence-corrected chi connectivity index (χ0v) is 13.7. The van der Waals surface area contributed by atoms with Gasteiger partial charge in [0.2, 0.25) is 0 Å². The van der Waals surface area contributed by atoms with Crippen molar-refractivity contribution in [2.75, 3.05) is 0 Å². The largest absolute Gasteiger partial charge is 0.250 e. The molecule has 0 atom stereocenters. The number of hydrogen-bond donors (Lipinski definition) is 0. The van der Waals surface area contributed by atoms with Gasteiger partial charge in [-0.3, -0.25) is 4.48 Å². The number of para-hydroxylation sites is 1. The standard InChI is InChI=1S/C20H15BrN/c21-16-9-10-18-17-7-3-4-8-19(17)22(20(18)11-16)12-14-5-1-2-6-15(14)13-22/h1-11H,12-13H2/q+1. The number of benzene rings is 3. The normalized spacial score (nSPS) is 16.4. The topological polar surface area (TPSA) is 0 Å². The first-order chi connectivity index (χ1) is 10.8.